The van der Waals surface area contributed by atoms with Crippen molar-refractivity contribution >= 4 is 34.5 Å². The van der Waals surface area contributed by atoms with Crippen molar-refractivity contribution in [3.05, 3.63) is 47.1 Å². The molecule has 3 rings (SSSR count). The smallest absolute Gasteiger partial charge is 0.246 e. The Kier molecular flexibility index (Phi) is 5.17. The highest BCUT2D eigenvalue weighted by Gasteiger charge is 2.24. The molecule has 5 heteroatoms. The Bertz CT molecular complexity index is 772. The number of aromatic nitrogens is 1. The number of piperidine rings is 1. The van der Waals surface area contributed by atoms with E-state index in [-0.39, 0.29) is 11.9 Å². The van der Waals surface area contributed by atoms with E-state index in [0.29, 0.717) is 10.9 Å². The Morgan fingerprint density at radius 1 is 1.42 bits per heavy atom. The average Bonchev–Trinajstić information content (AvgIpc) is 2.59. The van der Waals surface area contributed by atoms with Crippen LogP contribution in [0.1, 0.15) is 25.5 Å². The van der Waals surface area contributed by atoms with Gasteiger partial charge in [-0.2, -0.15) is 0 Å². The van der Waals surface area contributed by atoms with E-state index in [1.165, 1.54) is 0 Å². The molecule has 0 radical (unpaired) electrons. The number of hydrogen-bond acceptors (Lipinski definition) is 3. The molecule has 1 aliphatic rings. The Balaban J connectivity index is 1.71. The predicted molar refractivity (Wildman–Crippen MR) is 98.7 cm³/mol. The number of pyridine rings is 1. The first-order chi connectivity index (χ1) is 11.5. The van der Waals surface area contributed by atoms with Crippen molar-refractivity contribution in [2.45, 2.75) is 25.8 Å². The SMILES string of the molecule is CC(N)C1CCCN(C(=O)/C=C/c2ccc3ccc(Cl)cc3n2)C1. The number of carbonyl (C=O) groups is 1. The molecule has 1 fully saturated rings. The summed E-state index contributed by atoms with van der Waals surface area (Å²) in [5.41, 5.74) is 7.56. The third-order valence-corrected chi connectivity index (χ3v) is 4.82. The average molecular weight is 344 g/mol. The van der Waals surface area contributed by atoms with Crippen LogP contribution in [-0.2, 0) is 4.79 Å². The lowest BCUT2D eigenvalue weighted by atomic mass is 9.92. The molecule has 4 nitrogen and oxygen atoms in total. The summed E-state index contributed by atoms with van der Waals surface area (Å²) < 4.78 is 0. The van der Waals surface area contributed by atoms with Gasteiger partial charge in [0.2, 0.25) is 5.91 Å². The number of carbonyl (C=O) groups excluding carboxylic acids is 1. The number of fused-ring (bicyclic) bond motifs is 1. The molecule has 0 spiro atoms. The number of likely N-dealkylation sites (tertiary alicyclic amines) is 1. The van der Waals surface area contributed by atoms with Crippen LogP contribution in [0.4, 0.5) is 0 Å². The minimum Gasteiger partial charge on any atom is -0.339 e. The zero-order valence-corrected chi connectivity index (χ0v) is 14.5. The van der Waals surface area contributed by atoms with E-state index in [0.717, 1.165) is 42.5 Å². The summed E-state index contributed by atoms with van der Waals surface area (Å²) in [6.07, 6.45) is 5.47. The third kappa shape index (κ3) is 3.94. The summed E-state index contributed by atoms with van der Waals surface area (Å²) in [6, 6.07) is 9.61. The molecule has 2 atom stereocenters. The van der Waals surface area contributed by atoms with Gasteiger partial charge in [0.05, 0.1) is 11.2 Å². The number of hydrogen-bond donors (Lipinski definition) is 1. The first-order valence-corrected chi connectivity index (χ1v) is 8.69. The maximum absolute atomic E-state index is 12.4. The Morgan fingerprint density at radius 2 is 2.21 bits per heavy atom. The number of nitrogens with two attached hydrogens (primary N) is 1. The zero-order valence-electron chi connectivity index (χ0n) is 13.8. The first kappa shape index (κ1) is 16.9. The summed E-state index contributed by atoms with van der Waals surface area (Å²) in [4.78, 5) is 18.8. The molecule has 24 heavy (non-hydrogen) atoms. The molecule has 1 saturated heterocycles. The number of halogens is 1. The molecule has 2 unspecified atom stereocenters. The van der Waals surface area contributed by atoms with Crippen LogP contribution in [0, 0.1) is 5.92 Å². The minimum atomic E-state index is 0.0216. The molecule has 2 aromatic rings. The van der Waals surface area contributed by atoms with E-state index in [1.807, 2.05) is 42.2 Å². The van der Waals surface area contributed by atoms with Gasteiger partial charge in [-0.15, -0.1) is 0 Å². The second-order valence-corrected chi connectivity index (χ2v) is 6.89. The molecule has 1 aromatic heterocycles. The number of benzene rings is 1. The number of amides is 1. The van der Waals surface area contributed by atoms with Gasteiger partial charge in [0.25, 0.3) is 0 Å². The Morgan fingerprint density at radius 3 is 3.00 bits per heavy atom. The fourth-order valence-corrected chi connectivity index (χ4v) is 3.27. The molecule has 0 bridgehead atoms. The molecular weight excluding hydrogens is 322 g/mol. The van der Waals surface area contributed by atoms with Crippen LogP contribution in [0.25, 0.3) is 17.0 Å². The van der Waals surface area contributed by atoms with Crippen molar-refractivity contribution in [2.75, 3.05) is 13.1 Å². The van der Waals surface area contributed by atoms with Crippen LogP contribution < -0.4 is 5.73 Å². The van der Waals surface area contributed by atoms with Crippen LogP contribution >= 0.6 is 11.6 Å². The van der Waals surface area contributed by atoms with E-state index >= 15 is 0 Å². The van der Waals surface area contributed by atoms with E-state index in [2.05, 4.69) is 4.98 Å². The van der Waals surface area contributed by atoms with Crippen LogP contribution in [0.15, 0.2) is 36.4 Å². The van der Waals surface area contributed by atoms with Crippen molar-refractivity contribution in [3.8, 4) is 0 Å². The maximum atomic E-state index is 12.4. The second kappa shape index (κ2) is 7.32. The highest BCUT2D eigenvalue weighted by molar-refractivity contribution is 6.31. The normalized spacial score (nSPS) is 19.8. The Labute approximate surface area is 147 Å². The fourth-order valence-electron chi connectivity index (χ4n) is 3.10. The second-order valence-electron chi connectivity index (χ2n) is 6.45. The third-order valence-electron chi connectivity index (χ3n) is 4.59. The van der Waals surface area contributed by atoms with Crippen LogP contribution in [0.2, 0.25) is 5.02 Å². The summed E-state index contributed by atoms with van der Waals surface area (Å²) in [6.45, 7) is 3.55. The fraction of sp³-hybridized carbons (Fsp3) is 0.368. The quantitative estimate of drug-likeness (QED) is 0.868. The molecule has 1 aromatic carbocycles. The standard InChI is InChI=1S/C19H22ClN3O/c1-13(21)15-3-2-10-23(12-15)19(24)9-8-17-7-5-14-4-6-16(20)11-18(14)22-17/h4-9,11,13,15H,2-3,10,12,21H2,1H3/b9-8+. The van der Waals surface area contributed by atoms with E-state index in [1.54, 1.807) is 12.2 Å². The van der Waals surface area contributed by atoms with Gasteiger partial charge in [-0.1, -0.05) is 23.7 Å². The molecule has 126 valence electrons. The monoisotopic (exact) mass is 343 g/mol. The van der Waals surface area contributed by atoms with Crippen molar-refractivity contribution in [2.24, 2.45) is 11.7 Å². The van der Waals surface area contributed by atoms with E-state index in [4.69, 9.17) is 17.3 Å². The maximum Gasteiger partial charge on any atom is 0.246 e. The minimum absolute atomic E-state index is 0.0216. The van der Waals surface area contributed by atoms with E-state index < -0.39 is 0 Å². The summed E-state index contributed by atoms with van der Waals surface area (Å²) in [5, 5.41) is 1.68. The van der Waals surface area contributed by atoms with Gasteiger partial charge in [-0.3, -0.25) is 4.79 Å². The lowest BCUT2D eigenvalue weighted by Crippen LogP contribution is -2.44. The van der Waals surface area contributed by atoms with E-state index in [9.17, 15) is 4.79 Å². The molecule has 0 saturated carbocycles. The molecule has 1 aliphatic heterocycles. The number of nitrogens with zero attached hydrogens (tertiary/aromatic N) is 2. The van der Waals surface area contributed by atoms with Gasteiger partial charge >= 0.3 is 0 Å². The van der Waals surface area contributed by atoms with Crippen molar-refractivity contribution in [1.29, 1.82) is 0 Å². The van der Waals surface area contributed by atoms with Crippen LogP contribution in [-0.4, -0.2) is 34.9 Å². The predicted octanol–water partition coefficient (Wildman–Crippen LogP) is 3.49. The van der Waals surface area contributed by atoms with Crippen LogP contribution in [0.5, 0.6) is 0 Å². The summed E-state index contributed by atoms with van der Waals surface area (Å²) >= 11 is 6.01. The highest BCUT2D eigenvalue weighted by atomic mass is 35.5. The summed E-state index contributed by atoms with van der Waals surface area (Å²) in [7, 11) is 0. The van der Waals surface area contributed by atoms with Crippen LogP contribution in [0.3, 0.4) is 0 Å². The lowest BCUT2D eigenvalue weighted by Gasteiger charge is -2.34. The van der Waals surface area contributed by atoms with Gasteiger partial charge in [0.15, 0.2) is 0 Å². The summed E-state index contributed by atoms with van der Waals surface area (Å²) in [5.74, 6) is 0.408. The molecular formula is C19H22ClN3O. The topological polar surface area (TPSA) is 59.2 Å². The largest absolute Gasteiger partial charge is 0.339 e. The number of rotatable bonds is 3. The van der Waals surface area contributed by atoms with Crippen molar-refractivity contribution < 1.29 is 4.79 Å². The Hall–Kier alpha value is -1.91. The van der Waals surface area contributed by atoms with Gasteiger partial charge in [-0.05, 0) is 50.0 Å². The molecule has 2 heterocycles. The van der Waals surface area contributed by atoms with Crippen molar-refractivity contribution in [3.63, 3.8) is 0 Å². The van der Waals surface area contributed by atoms with Gasteiger partial charge in [0.1, 0.15) is 0 Å². The van der Waals surface area contributed by atoms with Gasteiger partial charge in [-0.25, -0.2) is 4.98 Å². The molecule has 2 N–H and O–H groups in total. The zero-order chi connectivity index (χ0) is 17.1. The first-order valence-electron chi connectivity index (χ1n) is 8.32. The molecule has 1 amide bonds. The molecule has 0 aliphatic carbocycles. The highest BCUT2D eigenvalue weighted by Crippen LogP contribution is 2.20. The lowest BCUT2D eigenvalue weighted by molar-refractivity contribution is -0.127. The van der Waals surface area contributed by atoms with Gasteiger partial charge < -0.3 is 10.6 Å². The van der Waals surface area contributed by atoms with Gasteiger partial charge in [0, 0.05) is 35.6 Å². The van der Waals surface area contributed by atoms with Crippen molar-refractivity contribution in [1.82, 2.24) is 9.88 Å².